The molecule has 7 nitrogen and oxygen atoms in total. The number of ether oxygens (including phenoxy) is 1. The number of nitrogens with one attached hydrogen (secondary N) is 1. The van der Waals surface area contributed by atoms with Crippen LogP contribution in [0.5, 0.6) is 0 Å². The fourth-order valence-corrected chi connectivity index (χ4v) is 4.84. The molecule has 11 heteroatoms. The number of thiazole rings is 1. The van der Waals surface area contributed by atoms with E-state index in [9.17, 15) is 18.0 Å². The second kappa shape index (κ2) is 9.18. The fourth-order valence-electron chi connectivity index (χ4n) is 4.15. The number of rotatable bonds is 4. The van der Waals surface area contributed by atoms with Crippen LogP contribution in [-0.4, -0.2) is 45.2 Å². The Labute approximate surface area is 205 Å². The molecule has 3 N–H and O–H groups in total. The smallest absolute Gasteiger partial charge is 0.433 e. The zero-order chi connectivity index (χ0) is 25.5. The highest BCUT2D eigenvalue weighted by molar-refractivity contribution is 7.22. The van der Waals surface area contributed by atoms with Crippen molar-refractivity contribution >= 4 is 38.6 Å². The van der Waals surface area contributed by atoms with E-state index < -0.39 is 29.6 Å². The molecule has 1 saturated heterocycles. The number of nitrogens with two attached hydrogens (primary N) is 1. The van der Waals surface area contributed by atoms with Gasteiger partial charge in [-0.05, 0) is 64.3 Å². The van der Waals surface area contributed by atoms with E-state index in [2.05, 4.69) is 21.4 Å². The van der Waals surface area contributed by atoms with Gasteiger partial charge in [-0.15, -0.1) is 0 Å². The van der Waals surface area contributed by atoms with Gasteiger partial charge in [-0.1, -0.05) is 17.4 Å². The number of pyridine rings is 1. The van der Waals surface area contributed by atoms with Crippen molar-refractivity contribution in [3.05, 3.63) is 36.0 Å². The molecule has 1 aromatic carbocycles. The van der Waals surface area contributed by atoms with Crippen molar-refractivity contribution in [2.75, 3.05) is 17.6 Å². The van der Waals surface area contributed by atoms with Crippen LogP contribution in [0.25, 0.3) is 21.3 Å². The van der Waals surface area contributed by atoms with Crippen LogP contribution in [0.3, 0.4) is 0 Å². The highest BCUT2D eigenvalue weighted by atomic mass is 32.1. The van der Waals surface area contributed by atoms with Gasteiger partial charge in [-0.3, -0.25) is 0 Å². The second-order valence-electron chi connectivity index (χ2n) is 9.54. The lowest BCUT2D eigenvalue weighted by atomic mass is 10.0. The molecule has 35 heavy (non-hydrogen) atoms. The third kappa shape index (κ3) is 5.61. The number of hydrogen-bond donors (Lipinski definition) is 2. The summed E-state index contributed by atoms with van der Waals surface area (Å²) in [6.45, 7) is 7.72. The topological polar surface area (TPSA) is 93.4 Å². The summed E-state index contributed by atoms with van der Waals surface area (Å²) in [6, 6.07) is 8.35. The molecule has 187 valence electrons. The Morgan fingerprint density at radius 3 is 2.69 bits per heavy atom. The quantitative estimate of drug-likeness (QED) is 0.454. The maximum atomic E-state index is 13.5. The number of amides is 1. The summed E-state index contributed by atoms with van der Waals surface area (Å²) >= 11 is 1.31. The number of carbonyl (C=O) groups excluding carboxylic acids is 1. The number of aromatic nitrogens is 2. The number of carbonyl (C=O) groups is 1. The molecule has 2 unspecified atom stereocenters. The lowest BCUT2D eigenvalue weighted by molar-refractivity contribution is -0.141. The summed E-state index contributed by atoms with van der Waals surface area (Å²) < 4.78 is 46.8. The van der Waals surface area contributed by atoms with Crippen LogP contribution >= 0.6 is 11.3 Å². The molecule has 0 spiro atoms. The molecular formula is C24H27F3N5O2S. The van der Waals surface area contributed by atoms with Crippen molar-refractivity contribution in [3.8, 4) is 11.1 Å². The highest BCUT2D eigenvalue weighted by Crippen LogP contribution is 2.36. The van der Waals surface area contributed by atoms with E-state index in [1.807, 2.05) is 6.92 Å². The summed E-state index contributed by atoms with van der Waals surface area (Å²) in [6.07, 6.45) is -3.58. The summed E-state index contributed by atoms with van der Waals surface area (Å²) in [5.74, 6) is 0.0576. The van der Waals surface area contributed by atoms with Crippen molar-refractivity contribution in [1.82, 2.24) is 14.9 Å². The number of halogens is 3. The standard InChI is InChI=1S/C24H27F3N5O2S/c1-13(17-6-5-11-32(17)22(33)34-23(2,3)4)29-20-15(8-10-19(31-20)24(25,26)27)14-7-9-18-16(12-14)30-21(28)35-18/h7-10,13,17H,5-6,11H2,1-4H3,(H2,28,30)(H,29,31). The number of benzene rings is 1. The number of nitrogens with zero attached hydrogens (tertiary/aromatic N) is 3. The van der Waals surface area contributed by atoms with E-state index in [1.165, 1.54) is 17.4 Å². The predicted octanol–water partition coefficient (Wildman–Crippen LogP) is 5.96. The first-order valence-corrected chi connectivity index (χ1v) is 12.1. The number of hydrogen-bond acceptors (Lipinski definition) is 7. The van der Waals surface area contributed by atoms with Crippen molar-refractivity contribution in [2.24, 2.45) is 0 Å². The lowest BCUT2D eigenvalue weighted by Crippen LogP contribution is -2.46. The minimum atomic E-state index is -4.61. The van der Waals surface area contributed by atoms with E-state index >= 15 is 0 Å². The normalized spacial score (nSPS) is 17.6. The number of nitrogen functional groups attached to an aromatic ring is 1. The molecule has 4 rings (SSSR count). The molecule has 3 aromatic rings. The lowest BCUT2D eigenvalue weighted by Gasteiger charge is -2.32. The monoisotopic (exact) mass is 506 g/mol. The van der Waals surface area contributed by atoms with Crippen LogP contribution in [0.1, 0.15) is 46.2 Å². The molecule has 2 aromatic heterocycles. The Bertz CT molecular complexity index is 1240. The molecule has 2 atom stereocenters. The molecular weight excluding hydrogens is 479 g/mol. The Morgan fingerprint density at radius 1 is 1.26 bits per heavy atom. The summed E-state index contributed by atoms with van der Waals surface area (Å²) in [4.78, 5) is 22.5. The Hall–Kier alpha value is -3.08. The van der Waals surface area contributed by atoms with Gasteiger partial charge in [0.15, 0.2) is 5.13 Å². The van der Waals surface area contributed by atoms with Gasteiger partial charge < -0.3 is 20.7 Å². The first kappa shape index (κ1) is 25.0. The predicted molar refractivity (Wildman–Crippen MR) is 130 cm³/mol. The zero-order valence-electron chi connectivity index (χ0n) is 19.9. The van der Waals surface area contributed by atoms with Crippen molar-refractivity contribution < 1.29 is 22.7 Å². The van der Waals surface area contributed by atoms with E-state index in [4.69, 9.17) is 10.5 Å². The van der Waals surface area contributed by atoms with Crippen LogP contribution in [0.15, 0.2) is 24.3 Å². The fraction of sp³-hybridized carbons (Fsp3) is 0.458. The van der Waals surface area contributed by atoms with Crippen molar-refractivity contribution in [2.45, 2.75) is 64.4 Å². The SMILES string of the molecule is CC(Nc1nc(C(F)(F)F)ccc1-c1[c]c2nc(N)sc2cc1)C1CCCN1C(=O)OC(C)(C)C. The summed E-state index contributed by atoms with van der Waals surface area (Å²) in [5, 5.41) is 3.53. The Kier molecular flexibility index (Phi) is 6.56. The molecule has 0 bridgehead atoms. The maximum absolute atomic E-state index is 13.5. The molecule has 1 radical (unpaired) electrons. The van der Waals surface area contributed by atoms with Gasteiger partial charge in [0.05, 0.1) is 16.3 Å². The number of fused-ring (bicyclic) bond motifs is 1. The third-order valence-corrected chi connectivity index (χ3v) is 6.52. The number of anilines is 2. The molecule has 1 fully saturated rings. The maximum Gasteiger partial charge on any atom is 0.433 e. The first-order valence-electron chi connectivity index (χ1n) is 11.2. The van der Waals surface area contributed by atoms with E-state index in [-0.39, 0.29) is 11.9 Å². The minimum absolute atomic E-state index is 0.0576. The highest BCUT2D eigenvalue weighted by Gasteiger charge is 2.37. The van der Waals surface area contributed by atoms with E-state index in [1.54, 1.807) is 37.8 Å². The average molecular weight is 507 g/mol. The van der Waals surface area contributed by atoms with Crippen LogP contribution in [-0.2, 0) is 10.9 Å². The molecule has 1 aliphatic rings. The Morgan fingerprint density at radius 2 is 2.00 bits per heavy atom. The van der Waals surface area contributed by atoms with Crippen LogP contribution in [0.2, 0.25) is 0 Å². The van der Waals surface area contributed by atoms with Crippen molar-refractivity contribution in [3.63, 3.8) is 0 Å². The van der Waals surface area contributed by atoms with E-state index in [0.29, 0.717) is 34.7 Å². The van der Waals surface area contributed by atoms with Crippen LogP contribution < -0.4 is 11.1 Å². The van der Waals surface area contributed by atoms with Crippen LogP contribution in [0, 0.1) is 6.07 Å². The third-order valence-electron chi connectivity index (χ3n) is 5.67. The molecule has 1 aliphatic heterocycles. The van der Waals surface area contributed by atoms with E-state index in [0.717, 1.165) is 17.2 Å². The molecule has 1 amide bonds. The van der Waals surface area contributed by atoms with Gasteiger partial charge >= 0.3 is 12.3 Å². The molecule has 3 heterocycles. The van der Waals surface area contributed by atoms with Gasteiger partial charge in [0.2, 0.25) is 0 Å². The van der Waals surface area contributed by atoms with Crippen LogP contribution in [0.4, 0.5) is 28.9 Å². The zero-order valence-corrected chi connectivity index (χ0v) is 20.7. The second-order valence-corrected chi connectivity index (χ2v) is 10.6. The van der Waals surface area contributed by atoms with Gasteiger partial charge in [0, 0.05) is 24.2 Å². The van der Waals surface area contributed by atoms with Crippen molar-refractivity contribution in [1.29, 1.82) is 0 Å². The minimum Gasteiger partial charge on any atom is -0.444 e. The number of alkyl halides is 3. The average Bonchev–Trinajstić information content (AvgIpc) is 3.37. The number of likely N-dealkylation sites (tertiary alicyclic amines) is 1. The van der Waals surface area contributed by atoms with Gasteiger partial charge in [-0.2, -0.15) is 13.2 Å². The largest absolute Gasteiger partial charge is 0.444 e. The molecule has 0 aliphatic carbocycles. The first-order chi connectivity index (χ1) is 16.3. The van der Waals surface area contributed by atoms with Gasteiger partial charge in [-0.25, -0.2) is 14.8 Å². The van der Waals surface area contributed by atoms with Gasteiger partial charge in [0.25, 0.3) is 0 Å². The Balaban J connectivity index is 1.67. The van der Waals surface area contributed by atoms with Gasteiger partial charge in [0.1, 0.15) is 17.1 Å². The summed E-state index contributed by atoms with van der Waals surface area (Å²) in [5.41, 5.74) is 5.64. The molecule has 0 saturated carbocycles. The summed E-state index contributed by atoms with van der Waals surface area (Å²) in [7, 11) is 0.